The lowest BCUT2D eigenvalue weighted by molar-refractivity contribution is -0.0517. The number of methoxy groups -OCH3 is 1. The minimum atomic E-state index is -3.05. The van der Waals surface area contributed by atoms with Crippen molar-refractivity contribution in [2.75, 3.05) is 7.11 Å². The summed E-state index contributed by atoms with van der Waals surface area (Å²) in [7, 11) is 1.18. The van der Waals surface area contributed by atoms with Gasteiger partial charge in [-0.05, 0) is 28.1 Å². The minimum Gasteiger partial charge on any atom is -0.493 e. The van der Waals surface area contributed by atoms with Crippen molar-refractivity contribution < 1.29 is 27.0 Å². The highest BCUT2D eigenvalue weighted by molar-refractivity contribution is 9.10. The molecule has 0 fully saturated rings. The van der Waals surface area contributed by atoms with Crippen LogP contribution >= 0.6 is 15.9 Å². The molecule has 0 aromatic heterocycles. The molecule has 0 radical (unpaired) electrons. The van der Waals surface area contributed by atoms with Crippen LogP contribution in [0, 0.1) is 0 Å². The van der Waals surface area contributed by atoms with E-state index in [4.69, 9.17) is 4.74 Å². The quantitative estimate of drug-likeness (QED) is 0.783. The predicted octanol–water partition coefficient (Wildman–Crippen LogP) is 4.00. The molecule has 0 heterocycles. The van der Waals surface area contributed by atoms with Gasteiger partial charge in [0.1, 0.15) is 0 Å². The number of halogens is 5. The van der Waals surface area contributed by atoms with Crippen molar-refractivity contribution in [3.8, 4) is 11.5 Å². The van der Waals surface area contributed by atoms with Gasteiger partial charge in [0.2, 0.25) is 0 Å². The Labute approximate surface area is 97.3 Å². The number of hydrogen-bond donors (Lipinski definition) is 0. The van der Waals surface area contributed by atoms with E-state index in [0.29, 0.717) is 0 Å². The molecule has 90 valence electrons. The zero-order valence-corrected chi connectivity index (χ0v) is 9.60. The minimum absolute atomic E-state index is 0.0116. The van der Waals surface area contributed by atoms with E-state index in [0.717, 1.165) is 12.1 Å². The van der Waals surface area contributed by atoms with E-state index in [1.54, 1.807) is 0 Å². The molecule has 0 N–H and O–H groups in total. The predicted molar refractivity (Wildman–Crippen MR) is 52.3 cm³/mol. The van der Waals surface area contributed by atoms with Gasteiger partial charge >= 0.3 is 6.61 Å². The summed E-state index contributed by atoms with van der Waals surface area (Å²) in [5, 5.41) is 0. The molecular weight excluding hydrogens is 296 g/mol. The molecule has 0 aliphatic heterocycles. The fraction of sp³-hybridized carbons (Fsp3) is 0.333. The van der Waals surface area contributed by atoms with Gasteiger partial charge in [0.25, 0.3) is 6.43 Å². The van der Waals surface area contributed by atoms with Crippen molar-refractivity contribution in [1.29, 1.82) is 0 Å². The Bertz CT molecular complexity index is 371. The van der Waals surface area contributed by atoms with Crippen LogP contribution in [0.2, 0.25) is 0 Å². The maximum Gasteiger partial charge on any atom is 0.387 e. The third kappa shape index (κ3) is 3.01. The lowest BCUT2D eigenvalue weighted by Crippen LogP contribution is -2.04. The van der Waals surface area contributed by atoms with Crippen molar-refractivity contribution >= 4 is 15.9 Å². The Balaban J connectivity index is 3.17. The first-order valence-electron chi connectivity index (χ1n) is 4.06. The number of benzene rings is 1. The molecule has 0 bridgehead atoms. The second kappa shape index (κ2) is 5.38. The Morgan fingerprint density at radius 2 is 1.81 bits per heavy atom. The van der Waals surface area contributed by atoms with Crippen LogP contribution in [-0.2, 0) is 0 Å². The summed E-state index contributed by atoms with van der Waals surface area (Å²) in [6.45, 7) is -3.05. The maximum absolute atomic E-state index is 12.4. The Morgan fingerprint density at radius 3 is 2.25 bits per heavy atom. The van der Waals surface area contributed by atoms with E-state index in [1.165, 1.54) is 7.11 Å². The van der Waals surface area contributed by atoms with Gasteiger partial charge in [-0.2, -0.15) is 8.78 Å². The summed E-state index contributed by atoms with van der Waals surface area (Å²) in [4.78, 5) is 0. The first-order chi connectivity index (χ1) is 7.45. The van der Waals surface area contributed by atoms with Crippen LogP contribution in [-0.4, -0.2) is 13.7 Å². The molecule has 2 nitrogen and oxygen atoms in total. The van der Waals surface area contributed by atoms with E-state index < -0.39 is 13.0 Å². The van der Waals surface area contributed by atoms with Crippen LogP contribution in [0.15, 0.2) is 16.6 Å². The van der Waals surface area contributed by atoms with Gasteiger partial charge in [-0.1, -0.05) is 0 Å². The third-order valence-corrected chi connectivity index (χ3v) is 2.30. The van der Waals surface area contributed by atoms with Crippen LogP contribution in [0.25, 0.3) is 0 Å². The van der Waals surface area contributed by atoms with Crippen molar-refractivity contribution in [2.24, 2.45) is 0 Å². The molecule has 16 heavy (non-hydrogen) atoms. The molecular formula is C9H7BrF4O2. The summed E-state index contributed by atoms with van der Waals surface area (Å²) in [5.41, 5.74) is -0.342. The molecule has 0 spiro atoms. The van der Waals surface area contributed by atoms with Crippen molar-refractivity contribution in [1.82, 2.24) is 0 Å². The van der Waals surface area contributed by atoms with Gasteiger partial charge in [0, 0.05) is 5.56 Å². The second-order valence-electron chi connectivity index (χ2n) is 2.71. The van der Waals surface area contributed by atoms with Gasteiger partial charge in [-0.15, -0.1) is 0 Å². The molecule has 7 heteroatoms. The second-order valence-corrected chi connectivity index (χ2v) is 3.57. The van der Waals surface area contributed by atoms with Crippen LogP contribution < -0.4 is 9.47 Å². The van der Waals surface area contributed by atoms with E-state index in [-0.39, 0.29) is 21.5 Å². The monoisotopic (exact) mass is 302 g/mol. The van der Waals surface area contributed by atoms with Crippen LogP contribution in [0.5, 0.6) is 11.5 Å². The van der Waals surface area contributed by atoms with Crippen LogP contribution in [0.1, 0.15) is 12.0 Å². The first-order valence-corrected chi connectivity index (χ1v) is 4.85. The molecule has 0 saturated heterocycles. The molecule has 0 amide bonds. The number of ether oxygens (including phenoxy) is 2. The largest absolute Gasteiger partial charge is 0.493 e. The zero-order chi connectivity index (χ0) is 12.3. The highest BCUT2D eigenvalue weighted by Gasteiger charge is 2.18. The van der Waals surface area contributed by atoms with Gasteiger partial charge in [-0.25, -0.2) is 8.78 Å². The summed E-state index contributed by atoms with van der Waals surface area (Å²) in [5.74, 6) is -0.480. The summed E-state index contributed by atoms with van der Waals surface area (Å²) in [6.07, 6.45) is -2.72. The van der Waals surface area contributed by atoms with Crippen LogP contribution in [0.3, 0.4) is 0 Å². The van der Waals surface area contributed by atoms with Gasteiger partial charge < -0.3 is 9.47 Å². The van der Waals surface area contributed by atoms with Crippen molar-refractivity contribution in [3.63, 3.8) is 0 Å². The summed E-state index contributed by atoms with van der Waals surface area (Å²) in [6, 6.07) is 1.96. The number of rotatable bonds is 4. The van der Waals surface area contributed by atoms with E-state index in [2.05, 4.69) is 20.7 Å². The Morgan fingerprint density at radius 1 is 1.19 bits per heavy atom. The average molecular weight is 303 g/mol. The van der Waals surface area contributed by atoms with Crippen molar-refractivity contribution in [3.05, 3.63) is 22.2 Å². The lowest BCUT2D eigenvalue weighted by Gasteiger charge is -2.13. The zero-order valence-electron chi connectivity index (χ0n) is 8.02. The van der Waals surface area contributed by atoms with Gasteiger partial charge in [0.15, 0.2) is 11.5 Å². The van der Waals surface area contributed by atoms with Crippen molar-refractivity contribution in [2.45, 2.75) is 13.0 Å². The van der Waals surface area contributed by atoms with E-state index in [1.807, 2.05) is 0 Å². The average Bonchev–Trinajstić information content (AvgIpc) is 2.19. The highest BCUT2D eigenvalue weighted by Crippen LogP contribution is 2.39. The number of alkyl halides is 4. The standard InChI is InChI=1S/C9H7BrF4O2/c1-15-6-3-4(8(11)12)2-5(10)7(6)16-9(13)14/h2-3,8-9H,1H3. The summed E-state index contributed by atoms with van der Waals surface area (Å²) < 4.78 is 57.7. The fourth-order valence-electron chi connectivity index (χ4n) is 1.07. The smallest absolute Gasteiger partial charge is 0.387 e. The van der Waals surface area contributed by atoms with E-state index in [9.17, 15) is 17.6 Å². The first kappa shape index (κ1) is 13.1. The normalized spacial score (nSPS) is 11.0. The lowest BCUT2D eigenvalue weighted by atomic mass is 10.2. The summed E-state index contributed by atoms with van der Waals surface area (Å²) >= 11 is 2.86. The molecule has 0 saturated carbocycles. The molecule has 0 atom stereocenters. The molecule has 1 aromatic rings. The Kier molecular flexibility index (Phi) is 4.40. The Hall–Kier alpha value is -0.980. The molecule has 1 rings (SSSR count). The fourth-order valence-corrected chi connectivity index (χ4v) is 1.62. The SMILES string of the molecule is COc1cc(C(F)F)cc(Br)c1OC(F)F. The molecule has 0 unspecified atom stereocenters. The number of hydrogen-bond acceptors (Lipinski definition) is 2. The molecule has 0 aliphatic rings. The maximum atomic E-state index is 12.4. The molecule has 0 aliphatic carbocycles. The van der Waals surface area contributed by atoms with Gasteiger partial charge in [-0.3, -0.25) is 0 Å². The molecule has 1 aromatic carbocycles. The van der Waals surface area contributed by atoms with Crippen LogP contribution in [0.4, 0.5) is 17.6 Å². The topological polar surface area (TPSA) is 18.5 Å². The van der Waals surface area contributed by atoms with E-state index >= 15 is 0 Å². The highest BCUT2D eigenvalue weighted by atomic mass is 79.9. The van der Waals surface area contributed by atoms with Gasteiger partial charge in [0.05, 0.1) is 11.6 Å². The third-order valence-electron chi connectivity index (χ3n) is 1.71.